The van der Waals surface area contributed by atoms with E-state index in [4.69, 9.17) is 15.2 Å². The number of Topliss-reactive ketones (excluding diaryl/α,β-unsaturated/α-hetero) is 1. The number of aromatic nitrogens is 1. The van der Waals surface area contributed by atoms with Crippen molar-refractivity contribution in [1.82, 2.24) is 9.47 Å². The van der Waals surface area contributed by atoms with Crippen LogP contribution < -0.4 is 11.1 Å². The molecule has 2 aliphatic rings. The molecule has 1 aromatic heterocycles. The second-order valence-corrected chi connectivity index (χ2v) is 11.5. The number of hydrogen-bond donors (Lipinski definition) is 2. The van der Waals surface area contributed by atoms with Crippen LogP contribution in [0.1, 0.15) is 89.5 Å². The fourth-order valence-electron chi connectivity index (χ4n) is 6.13. The van der Waals surface area contributed by atoms with Crippen LogP contribution >= 0.6 is 0 Å². The van der Waals surface area contributed by atoms with Gasteiger partial charge in [0, 0.05) is 54.3 Å². The molecule has 0 saturated heterocycles. The average Bonchev–Trinajstić information content (AvgIpc) is 3.14. The fraction of sp³-hybridized carbons (Fsp3) is 0.548. The van der Waals surface area contributed by atoms with Crippen molar-refractivity contribution in [2.24, 2.45) is 5.73 Å². The first kappa shape index (κ1) is 30.3. The highest BCUT2D eigenvalue weighted by Gasteiger charge is 2.29. The van der Waals surface area contributed by atoms with Gasteiger partial charge in [-0.2, -0.15) is 0 Å². The Labute approximate surface area is 241 Å². The van der Waals surface area contributed by atoms with Crippen molar-refractivity contribution in [3.8, 4) is 5.69 Å². The molecule has 4 rings (SSSR count). The second kappa shape index (κ2) is 12.9. The van der Waals surface area contributed by atoms with Gasteiger partial charge < -0.3 is 30.0 Å². The van der Waals surface area contributed by atoms with E-state index in [1.165, 1.54) is 6.92 Å². The number of amides is 1. The minimum atomic E-state index is -0.552. The summed E-state index contributed by atoms with van der Waals surface area (Å²) in [5.41, 5.74) is 11.6. The summed E-state index contributed by atoms with van der Waals surface area (Å²) in [6, 6.07) is 5.64. The molecule has 10 nitrogen and oxygen atoms in total. The normalized spacial score (nSPS) is 19.4. The third kappa shape index (κ3) is 7.16. The van der Waals surface area contributed by atoms with Crippen LogP contribution in [0, 0.1) is 13.8 Å². The summed E-state index contributed by atoms with van der Waals surface area (Å²) in [5, 5.41) is 3.52. The van der Waals surface area contributed by atoms with Crippen molar-refractivity contribution in [3.63, 3.8) is 0 Å². The molecule has 41 heavy (non-hydrogen) atoms. The van der Waals surface area contributed by atoms with Crippen LogP contribution in [0.25, 0.3) is 5.69 Å². The van der Waals surface area contributed by atoms with Gasteiger partial charge >= 0.3 is 11.9 Å². The van der Waals surface area contributed by atoms with Crippen molar-refractivity contribution in [3.05, 3.63) is 46.3 Å². The third-order valence-corrected chi connectivity index (χ3v) is 8.06. The summed E-state index contributed by atoms with van der Waals surface area (Å²) in [6.45, 7) is 5.79. The Kier molecular flexibility index (Phi) is 9.53. The molecule has 1 unspecified atom stereocenters. The van der Waals surface area contributed by atoms with Gasteiger partial charge in [0.15, 0.2) is 5.78 Å². The molecular weight excluding hydrogens is 524 g/mol. The Morgan fingerprint density at radius 2 is 1.83 bits per heavy atom. The maximum atomic E-state index is 12.7. The zero-order chi connectivity index (χ0) is 29.8. The fourth-order valence-corrected chi connectivity index (χ4v) is 6.13. The predicted octanol–water partition coefficient (Wildman–Crippen LogP) is 3.86. The maximum absolute atomic E-state index is 12.7. The Morgan fingerprint density at radius 3 is 2.46 bits per heavy atom. The van der Waals surface area contributed by atoms with E-state index in [0.717, 1.165) is 53.9 Å². The Bertz CT molecular complexity index is 1320. The van der Waals surface area contributed by atoms with Crippen LogP contribution in [0.2, 0.25) is 0 Å². The number of nitrogens with zero attached hydrogens (tertiary/aromatic N) is 2. The SMILES string of the molecule is CC(=O)OC(CC(=O)OC1CCC(Nc2cc(-n3c(C)c(C)c4c3CCCC4=O)ccc2C(N)=O)CC1)CN(C)C. The molecule has 1 saturated carbocycles. The van der Waals surface area contributed by atoms with E-state index in [1.54, 1.807) is 6.07 Å². The number of benzene rings is 1. The van der Waals surface area contributed by atoms with Crippen LogP contribution in [0.5, 0.6) is 0 Å². The maximum Gasteiger partial charge on any atom is 0.309 e. The van der Waals surface area contributed by atoms with Gasteiger partial charge in [-0.1, -0.05) is 0 Å². The highest BCUT2D eigenvalue weighted by molar-refractivity contribution is 6.01. The van der Waals surface area contributed by atoms with Gasteiger partial charge in [-0.25, -0.2) is 0 Å². The lowest BCUT2D eigenvalue weighted by Crippen LogP contribution is -2.35. The molecule has 1 amide bonds. The van der Waals surface area contributed by atoms with Gasteiger partial charge in [-0.15, -0.1) is 0 Å². The predicted molar refractivity (Wildman–Crippen MR) is 156 cm³/mol. The third-order valence-electron chi connectivity index (χ3n) is 8.06. The molecule has 10 heteroatoms. The monoisotopic (exact) mass is 566 g/mol. The summed E-state index contributed by atoms with van der Waals surface area (Å²) in [7, 11) is 3.70. The number of rotatable bonds is 10. The number of carbonyl (C=O) groups excluding carboxylic acids is 4. The number of primary amides is 1. The zero-order valence-electron chi connectivity index (χ0n) is 24.7. The van der Waals surface area contributed by atoms with Crippen molar-refractivity contribution < 1.29 is 28.7 Å². The number of nitrogens with one attached hydrogen (secondary N) is 1. The van der Waals surface area contributed by atoms with E-state index in [-0.39, 0.29) is 30.3 Å². The van der Waals surface area contributed by atoms with E-state index in [9.17, 15) is 19.2 Å². The van der Waals surface area contributed by atoms with E-state index in [1.807, 2.05) is 45.0 Å². The van der Waals surface area contributed by atoms with Crippen LogP contribution in [0.3, 0.4) is 0 Å². The first-order valence-electron chi connectivity index (χ1n) is 14.4. The average molecular weight is 567 g/mol. The van der Waals surface area contributed by atoms with Crippen LogP contribution in [-0.2, 0) is 25.5 Å². The summed E-state index contributed by atoms with van der Waals surface area (Å²) in [6.07, 6.45) is 4.32. The minimum Gasteiger partial charge on any atom is -0.462 e. The molecule has 2 aliphatic carbocycles. The number of likely N-dealkylation sites (N-methyl/N-ethyl adjacent to an activating group) is 1. The molecule has 0 radical (unpaired) electrons. The number of ether oxygens (including phenoxy) is 2. The molecule has 1 fully saturated rings. The molecule has 1 aromatic carbocycles. The summed E-state index contributed by atoms with van der Waals surface area (Å²) < 4.78 is 13.1. The molecule has 0 bridgehead atoms. The number of esters is 2. The Morgan fingerprint density at radius 1 is 1.12 bits per heavy atom. The van der Waals surface area contributed by atoms with Crippen LogP contribution in [0.4, 0.5) is 5.69 Å². The zero-order valence-corrected chi connectivity index (χ0v) is 24.7. The number of fused-ring (bicyclic) bond motifs is 1. The van der Waals surface area contributed by atoms with Gasteiger partial charge in [0.25, 0.3) is 5.91 Å². The highest BCUT2D eigenvalue weighted by Crippen LogP contribution is 2.34. The smallest absolute Gasteiger partial charge is 0.309 e. The van der Waals surface area contributed by atoms with Gasteiger partial charge in [0.05, 0.1) is 12.0 Å². The second-order valence-electron chi connectivity index (χ2n) is 11.5. The molecule has 1 atom stereocenters. The lowest BCUT2D eigenvalue weighted by molar-refractivity contribution is -0.158. The van der Waals surface area contributed by atoms with Gasteiger partial charge in [0.2, 0.25) is 0 Å². The van der Waals surface area contributed by atoms with Gasteiger partial charge in [0.1, 0.15) is 12.2 Å². The number of ketones is 1. The van der Waals surface area contributed by atoms with E-state index < -0.39 is 18.0 Å². The molecular formula is C31H42N4O6. The summed E-state index contributed by atoms with van der Waals surface area (Å²) >= 11 is 0. The topological polar surface area (TPSA) is 133 Å². The minimum absolute atomic E-state index is 0.0122. The first-order valence-corrected chi connectivity index (χ1v) is 14.4. The lowest BCUT2D eigenvalue weighted by Gasteiger charge is -2.30. The number of nitrogens with two attached hydrogens (primary N) is 1. The number of carbonyl (C=O) groups is 4. The molecule has 0 spiro atoms. The number of anilines is 1. The quantitative estimate of drug-likeness (QED) is 0.414. The molecule has 3 N–H and O–H groups in total. The molecule has 2 aromatic rings. The van der Waals surface area contributed by atoms with Gasteiger partial charge in [-0.05, 0) is 90.2 Å². The molecule has 222 valence electrons. The van der Waals surface area contributed by atoms with Crippen molar-refractivity contribution >= 4 is 29.3 Å². The number of hydrogen-bond acceptors (Lipinski definition) is 8. The van der Waals surface area contributed by atoms with Crippen molar-refractivity contribution in [2.45, 2.75) is 90.4 Å². The van der Waals surface area contributed by atoms with Crippen LogP contribution in [-0.4, -0.2) is 72.0 Å². The van der Waals surface area contributed by atoms with Gasteiger partial charge in [-0.3, -0.25) is 19.2 Å². The van der Waals surface area contributed by atoms with E-state index in [2.05, 4.69) is 9.88 Å². The van der Waals surface area contributed by atoms with Crippen LogP contribution in [0.15, 0.2) is 18.2 Å². The first-order chi connectivity index (χ1) is 19.4. The van der Waals surface area contributed by atoms with Crippen molar-refractivity contribution in [2.75, 3.05) is 26.0 Å². The largest absolute Gasteiger partial charge is 0.462 e. The Balaban J connectivity index is 1.43. The summed E-state index contributed by atoms with van der Waals surface area (Å²) in [5.74, 6) is -1.13. The van der Waals surface area contributed by atoms with E-state index in [0.29, 0.717) is 37.1 Å². The lowest BCUT2D eigenvalue weighted by atomic mass is 9.92. The molecule has 1 heterocycles. The highest BCUT2D eigenvalue weighted by atomic mass is 16.6. The van der Waals surface area contributed by atoms with Crippen molar-refractivity contribution in [1.29, 1.82) is 0 Å². The summed E-state index contributed by atoms with van der Waals surface area (Å²) in [4.78, 5) is 50.8. The standard InChI is InChI=1S/C31H42N4O6/c1-18-19(2)35(27-7-6-8-28(37)30(18)27)22-11-14-25(31(32)39)26(15-22)33-21-9-12-23(13-10-21)41-29(38)16-24(17-34(4)5)40-20(3)36/h11,14-15,21,23-24,33H,6-10,12-13,16-17H2,1-5H3,(H2,32,39). The molecule has 0 aliphatic heterocycles. The Hall–Kier alpha value is -3.66. The van der Waals surface area contributed by atoms with E-state index >= 15 is 0 Å².